The van der Waals surface area contributed by atoms with Crippen LogP contribution in [-0.4, -0.2) is 42.0 Å². The first-order valence-corrected chi connectivity index (χ1v) is 7.74. The van der Waals surface area contributed by atoms with E-state index >= 15 is 0 Å². The number of hydrogen-bond acceptors (Lipinski definition) is 3. The Bertz CT molecular complexity index is 458. The van der Waals surface area contributed by atoms with Crippen LogP contribution in [-0.2, 0) is 6.42 Å². The van der Waals surface area contributed by atoms with Crippen LogP contribution in [0.4, 0.5) is 0 Å². The Morgan fingerprint density at radius 3 is 2.85 bits per heavy atom. The zero-order valence-electron chi connectivity index (χ0n) is 12.0. The van der Waals surface area contributed by atoms with Crippen LogP contribution in [0.2, 0.25) is 5.15 Å². The van der Waals surface area contributed by atoms with Crippen molar-refractivity contribution in [3.8, 4) is 0 Å². The van der Waals surface area contributed by atoms with Gasteiger partial charge >= 0.3 is 0 Å². The predicted octanol–water partition coefficient (Wildman–Crippen LogP) is 2.51. The van der Waals surface area contributed by atoms with Crippen molar-refractivity contribution in [1.29, 1.82) is 0 Å². The molecule has 1 aliphatic rings. The van der Waals surface area contributed by atoms with Crippen molar-refractivity contribution in [2.24, 2.45) is 0 Å². The Kier molecular flexibility index (Phi) is 5.80. The molecule has 0 aromatic carbocycles. The summed E-state index contributed by atoms with van der Waals surface area (Å²) in [5.74, 6) is -0.0644. The molecule has 0 spiro atoms. The second-order valence-corrected chi connectivity index (χ2v) is 5.57. The van der Waals surface area contributed by atoms with Crippen molar-refractivity contribution in [1.82, 2.24) is 15.2 Å². The van der Waals surface area contributed by atoms with Crippen LogP contribution in [0, 0.1) is 0 Å². The van der Waals surface area contributed by atoms with E-state index in [-0.39, 0.29) is 5.91 Å². The highest BCUT2D eigenvalue weighted by Crippen LogP contribution is 2.11. The van der Waals surface area contributed by atoms with Crippen molar-refractivity contribution in [3.05, 3.63) is 28.5 Å². The van der Waals surface area contributed by atoms with Crippen molar-refractivity contribution in [2.45, 2.75) is 32.6 Å². The minimum absolute atomic E-state index is 0.0644. The third kappa shape index (κ3) is 4.46. The van der Waals surface area contributed by atoms with Crippen molar-refractivity contribution < 1.29 is 4.79 Å². The molecule has 0 saturated carbocycles. The normalized spacial score (nSPS) is 15.5. The first-order chi connectivity index (χ1) is 9.69. The van der Waals surface area contributed by atoms with Gasteiger partial charge in [-0.05, 0) is 57.5 Å². The predicted molar refractivity (Wildman–Crippen MR) is 81.2 cm³/mol. The molecule has 1 aliphatic heterocycles. The fraction of sp³-hybridized carbons (Fsp3) is 0.600. The molecule has 2 heterocycles. The van der Waals surface area contributed by atoms with Crippen LogP contribution in [0.1, 0.15) is 42.2 Å². The number of nitrogens with one attached hydrogen (secondary N) is 1. The van der Waals surface area contributed by atoms with Gasteiger partial charge in [-0.3, -0.25) is 4.79 Å². The highest BCUT2D eigenvalue weighted by atomic mass is 35.5. The van der Waals surface area contributed by atoms with E-state index < -0.39 is 0 Å². The van der Waals surface area contributed by atoms with Gasteiger partial charge in [-0.15, -0.1) is 0 Å². The first-order valence-electron chi connectivity index (χ1n) is 7.36. The second-order valence-electron chi connectivity index (χ2n) is 5.18. The topological polar surface area (TPSA) is 45.2 Å². The van der Waals surface area contributed by atoms with Crippen molar-refractivity contribution in [2.75, 3.05) is 26.2 Å². The quantitative estimate of drug-likeness (QED) is 0.648. The summed E-state index contributed by atoms with van der Waals surface area (Å²) >= 11 is 5.92. The summed E-state index contributed by atoms with van der Waals surface area (Å²) in [6, 6.07) is 3.43. The molecule has 0 radical (unpaired) electrons. The average Bonchev–Trinajstić information content (AvgIpc) is 2.95. The molecule has 0 bridgehead atoms. The molecular formula is C15H22ClN3O. The molecule has 1 saturated heterocycles. The Balaban J connectivity index is 1.77. The van der Waals surface area contributed by atoms with E-state index in [1.807, 2.05) is 13.0 Å². The first kappa shape index (κ1) is 15.3. The number of carbonyl (C=O) groups excluding carboxylic acids is 1. The molecule has 1 aromatic heterocycles. The van der Waals surface area contributed by atoms with Gasteiger partial charge in [-0.25, -0.2) is 4.98 Å². The summed E-state index contributed by atoms with van der Waals surface area (Å²) in [7, 11) is 0. The molecule has 20 heavy (non-hydrogen) atoms. The van der Waals surface area contributed by atoms with Gasteiger partial charge in [0.1, 0.15) is 5.15 Å². The van der Waals surface area contributed by atoms with Crippen molar-refractivity contribution in [3.63, 3.8) is 0 Å². The second kappa shape index (κ2) is 7.60. The average molecular weight is 296 g/mol. The van der Waals surface area contributed by atoms with Crippen LogP contribution in [0.15, 0.2) is 12.1 Å². The molecule has 0 unspecified atom stereocenters. The number of amides is 1. The number of carbonyl (C=O) groups is 1. The SMILES string of the molecule is CCc1cc(C(=O)NCCCN2CCCC2)cc(Cl)n1. The van der Waals surface area contributed by atoms with Gasteiger partial charge in [0.25, 0.3) is 5.91 Å². The van der Waals surface area contributed by atoms with E-state index in [2.05, 4.69) is 15.2 Å². The molecule has 0 atom stereocenters. The largest absolute Gasteiger partial charge is 0.352 e. The number of likely N-dealkylation sites (tertiary alicyclic amines) is 1. The van der Waals surface area contributed by atoms with Gasteiger partial charge in [0.05, 0.1) is 0 Å². The number of nitrogens with zero attached hydrogens (tertiary/aromatic N) is 2. The molecule has 0 aliphatic carbocycles. The van der Waals surface area contributed by atoms with E-state index in [0.717, 1.165) is 25.1 Å². The fourth-order valence-corrected chi connectivity index (χ4v) is 2.70. The summed E-state index contributed by atoms with van der Waals surface area (Å²) in [4.78, 5) is 18.7. The minimum atomic E-state index is -0.0644. The lowest BCUT2D eigenvalue weighted by atomic mass is 10.2. The molecule has 1 amide bonds. The van der Waals surface area contributed by atoms with Crippen LogP contribution in [0.5, 0.6) is 0 Å². The smallest absolute Gasteiger partial charge is 0.251 e. The van der Waals surface area contributed by atoms with E-state index in [1.165, 1.54) is 25.9 Å². The minimum Gasteiger partial charge on any atom is -0.352 e. The van der Waals surface area contributed by atoms with Gasteiger partial charge in [0.15, 0.2) is 0 Å². The van der Waals surface area contributed by atoms with Gasteiger partial charge in [-0.1, -0.05) is 18.5 Å². The monoisotopic (exact) mass is 295 g/mol. The molecule has 110 valence electrons. The molecule has 1 fully saturated rings. The molecule has 1 aromatic rings. The van der Waals surface area contributed by atoms with E-state index in [4.69, 9.17) is 11.6 Å². The number of aromatic nitrogens is 1. The Labute approximate surface area is 125 Å². The lowest BCUT2D eigenvalue weighted by Gasteiger charge is -2.14. The number of aryl methyl sites for hydroxylation is 1. The standard InChI is InChI=1S/C15H22ClN3O/c1-2-13-10-12(11-14(16)18-13)15(20)17-6-5-9-19-7-3-4-8-19/h10-11H,2-9H2,1H3,(H,17,20). The van der Waals surface area contributed by atoms with Crippen LogP contribution < -0.4 is 5.32 Å². The fourth-order valence-electron chi connectivity index (χ4n) is 2.48. The molecule has 2 rings (SSSR count). The number of hydrogen-bond donors (Lipinski definition) is 1. The summed E-state index contributed by atoms with van der Waals surface area (Å²) in [5.41, 5.74) is 1.45. The highest BCUT2D eigenvalue weighted by Gasteiger charge is 2.11. The van der Waals surface area contributed by atoms with Crippen LogP contribution in [0.3, 0.4) is 0 Å². The lowest BCUT2D eigenvalue weighted by Crippen LogP contribution is -2.28. The Morgan fingerprint density at radius 1 is 1.40 bits per heavy atom. The number of halogens is 1. The highest BCUT2D eigenvalue weighted by molar-refractivity contribution is 6.29. The van der Waals surface area contributed by atoms with E-state index in [0.29, 0.717) is 17.3 Å². The summed E-state index contributed by atoms with van der Waals surface area (Å²) in [6.45, 7) is 6.17. The Morgan fingerprint density at radius 2 is 2.15 bits per heavy atom. The molecule has 1 N–H and O–H groups in total. The number of rotatable bonds is 6. The zero-order chi connectivity index (χ0) is 14.4. The summed E-state index contributed by atoms with van der Waals surface area (Å²) < 4.78 is 0. The summed E-state index contributed by atoms with van der Waals surface area (Å²) in [6.07, 6.45) is 4.38. The third-order valence-electron chi connectivity index (χ3n) is 3.61. The molecule has 5 heteroatoms. The lowest BCUT2D eigenvalue weighted by molar-refractivity contribution is 0.0952. The Hall–Kier alpha value is -1.13. The van der Waals surface area contributed by atoms with E-state index in [9.17, 15) is 4.79 Å². The zero-order valence-corrected chi connectivity index (χ0v) is 12.7. The maximum Gasteiger partial charge on any atom is 0.251 e. The van der Waals surface area contributed by atoms with Gasteiger partial charge in [0, 0.05) is 17.8 Å². The van der Waals surface area contributed by atoms with Crippen LogP contribution >= 0.6 is 11.6 Å². The van der Waals surface area contributed by atoms with Crippen molar-refractivity contribution >= 4 is 17.5 Å². The maximum absolute atomic E-state index is 12.1. The molecule has 4 nitrogen and oxygen atoms in total. The third-order valence-corrected chi connectivity index (χ3v) is 3.80. The van der Waals surface area contributed by atoms with Gasteiger partial charge in [-0.2, -0.15) is 0 Å². The van der Waals surface area contributed by atoms with E-state index in [1.54, 1.807) is 6.07 Å². The van der Waals surface area contributed by atoms with Gasteiger partial charge < -0.3 is 10.2 Å². The molecular weight excluding hydrogens is 274 g/mol. The number of pyridine rings is 1. The van der Waals surface area contributed by atoms with Gasteiger partial charge in [0.2, 0.25) is 0 Å². The summed E-state index contributed by atoms with van der Waals surface area (Å²) in [5, 5.41) is 3.33. The van der Waals surface area contributed by atoms with Crippen LogP contribution in [0.25, 0.3) is 0 Å². The maximum atomic E-state index is 12.1.